The van der Waals surface area contributed by atoms with Gasteiger partial charge in [0.2, 0.25) is 0 Å². The maximum atomic E-state index is 12.4. The third kappa shape index (κ3) is 4.66. The zero-order chi connectivity index (χ0) is 17.8. The summed E-state index contributed by atoms with van der Waals surface area (Å²) in [6, 6.07) is 15.4. The first-order valence-electron chi connectivity index (χ1n) is 7.73. The van der Waals surface area contributed by atoms with Crippen LogP contribution >= 0.6 is 35.0 Å². The van der Waals surface area contributed by atoms with E-state index in [-0.39, 0.29) is 5.56 Å². The van der Waals surface area contributed by atoms with Crippen LogP contribution in [0.1, 0.15) is 22.4 Å². The van der Waals surface area contributed by atoms with Gasteiger partial charge in [0.1, 0.15) is 0 Å². The van der Waals surface area contributed by atoms with Crippen LogP contribution in [0.2, 0.25) is 10.0 Å². The quantitative estimate of drug-likeness (QED) is 0.476. The molecule has 1 heterocycles. The number of nitrogens with one attached hydrogen (secondary N) is 1. The number of aromatic nitrogens is 2. The van der Waals surface area contributed by atoms with Crippen LogP contribution in [0.4, 0.5) is 0 Å². The maximum Gasteiger partial charge on any atom is 0.255 e. The molecule has 6 heteroatoms. The summed E-state index contributed by atoms with van der Waals surface area (Å²) in [6.07, 6.45) is 0.576. The zero-order valence-corrected chi connectivity index (χ0v) is 15.9. The standard InChI is InChI=1S/C19H16Cl2N2OS/c1-12-15(9-13-5-3-2-4-6-13)18(24)23-19(22-12)25-11-14-7-8-16(20)17(21)10-14/h2-8,10H,9,11H2,1H3,(H,22,23,24). The second-order valence-corrected chi connectivity index (χ2v) is 7.41. The van der Waals surface area contributed by atoms with Gasteiger partial charge in [0.15, 0.2) is 5.16 Å². The van der Waals surface area contributed by atoms with E-state index in [1.807, 2.05) is 49.4 Å². The fraction of sp³-hybridized carbons (Fsp3) is 0.158. The molecule has 0 aliphatic carbocycles. The molecular weight excluding hydrogens is 375 g/mol. The van der Waals surface area contributed by atoms with Crippen LogP contribution in [0, 0.1) is 6.92 Å². The predicted octanol–water partition coefficient (Wildman–Crippen LogP) is 5.27. The number of nitrogens with zero attached hydrogens (tertiary/aromatic N) is 1. The van der Waals surface area contributed by atoms with E-state index in [4.69, 9.17) is 23.2 Å². The molecule has 0 amide bonds. The number of hydrogen-bond acceptors (Lipinski definition) is 3. The molecule has 128 valence electrons. The summed E-state index contributed by atoms with van der Waals surface area (Å²) in [6.45, 7) is 1.87. The molecule has 0 saturated carbocycles. The molecular formula is C19H16Cl2N2OS. The summed E-state index contributed by atoms with van der Waals surface area (Å²) in [7, 11) is 0. The molecule has 0 saturated heterocycles. The fourth-order valence-electron chi connectivity index (χ4n) is 2.44. The van der Waals surface area contributed by atoms with E-state index >= 15 is 0 Å². The summed E-state index contributed by atoms with van der Waals surface area (Å²) in [5.74, 6) is 0.650. The van der Waals surface area contributed by atoms with Crippen molar-refractivity contribution in [1.29, 1.82) is 0 Å². The van der Waals surface area contributed by atoms with E-state index in [0.29, 0.717) is 32.9 Å². The molecule has 0 aliphatic rings. The first-order valence-corrected chi connectivity index (χ1v) is 9.47. The van der Waals surface area contributed by atoms with Crippen LogP contribution in [-0.2, 0) is 12.2 Å². The Labute approximate surface area is 160 Å². The van der Waals surface area contributed by atoms with Crippen molar-refractivity contribution >= 4 is 35.0 Å². The van der Waals surface area contributed by atoms with Crippen LogP contribution in [-0.4, -0.2) is 9.97 Å². The number of thioether (sulfide) groups is 1. The lowest BCUT2D eigenvalue weighted by molar-refractivity contribution is 0.866. The van der Waals surface area contributed by atoms with Crippen molar-refractivity contribution in [1.82, 2.24) is 9.97 Å². The van der Waals surface area contributed by atoms with E-state index in [1.54, 1.807) is 6.07 Å². The van der Waals surface area contributed by atoms with E-state index < -0.39 is 0 Å². The summed E-state index contributed by atoms with van der Waals surface area (Å²) < 4.78 is 0. The normalized spacial score (nSPS) is 10.8. The Kier molecular flexibility index (Phi) is 5.84. The summed E-state index contributed by atoms with van der Waals surface area (Å²) in [5.41, 5.74) is 3.48. The molecule has 2 aromatic carbocycles. The minimum absolute atomic E-state index is 0.0898. The van der Waals surface area contributed by atoms with Crippen LogP contribution in [0.3, 0.4) is 0 Å². The lowest BCUT2D eigenvalue weighted by atomic mass is 10.1. The van der Waals surface area contributed by atoms with Crippen LogP contribution in [0.25, 0.3) is 0 Å². The molecule has 3 rings (SSSR count). The topological polar surface area (TPSA) is 45.8 Å². The van der Waals surface area contributed by atoms with Gasteiger partial charge in [-0.05, 0) is 30.2 Å². The lowest BCUT2D eigenvalue weighted by Crippen LogP contribution is -2.17. The Bertz CT molecular complexity index is 942. The molecule has 3 aromatic rings. The highest BCUT2D eigenvalue weighted by Crippen LogP contribution is 2.26. The highest BCUT2D eigenvalue weighted by Gasteiger charge is 2.10. The van der Waals surface area contributed by atoms with Gasteiger partial charge < -0.3 is 4.98 Å². The Hall–Kier alpha value is -1.75. The minimum atomic E-state index is -0.0898. The van der Waals surface area contributed by atoms with E-state index in [0.717, 1.165) is 16.8 Å². The molecule has 0 unspecified atom stereocenters. The summed E-state index contributed by atoms with van der Waals surface area (Å²) >= 11 is 13.4. The van der Waals surface area contributed by atoms with Crippen molar-refractivity contribution in [2.45, 2.75) is 24.3 Å². The first-order chi connectivity index (χ1) is 12.0. The predicted molar refractivity (Wildman–Crippen MR) is 105 cm³/mol. The maximum absolute atomic E-state index is 12.4. The van der Waals surface area contributed by atoms with Gasteiger partial charge >= 0.3 is 0 Å². The third-order valence-corrected chi connectivity index (χ3v) is 5.47. The number of H-pyrrole nitrogens is 1. The monoisotopic (exact) mass is 390 g/mol. The Morgan fingerprint density at radius 2 is 1.80 bits per heavy atom. The Balaban J connectivity index is 1.75. The molecule has 0 aliphatic heterocycles. The number of halogens is 2. The summed E-state index contributed by atoms with van der Waals surface area (Å²) in [5, 5.41) is 1.66. The van der Waals surface area contributed by atoms with Crippen molar-refractivity contribution in [2.24, 2.45) is 0 Å². The SMILES string of the molecule is Cc1nc(SCc2ccc(Cl)c(Cl)c2)[nH]c(=O)c1Cc1ccccc1. The largest absolute Gasteiger partial charge is 0.301 e. The number of rotatable bonds is 5. The van der Waals surface area contributed by atoms with Crippen molar-refractivity contribution in [3.8, 4) is 0 Å². The van der Waals surface area contributed by atoms with Gasteiger partial charge in [-0.3, -0.25) is 4.79 Å². The van der Waals surface area contributed by atoms with E-state index in [9.17, 15) is 4.79 Å². The second-order valence-electron chi connectivity index (χ2n) is 5.63. The van der Waals surface area contributed by atoms with Crippen LogP contribution in [0.5, 0.6) is 0 Å². The average molecular weight is 391 g/mol. The zero-order valence-electron chi connectivity index (χ0n) is 13.6. The fourth-order valence-corrected chi connectivity index (χ4v) is 3.61. The first kappa shape index (κ1) is 18.1. The van der Waals surface area contributed by atoms with Crippen molar-refractivity contribution in [3.05, 3.63) is 91.3 Å². The van der Waals surface area contributed by atoms with Crippen molar-refractivity contribution in [3.63, 3.8) is 0 Å². The molecule has 0 fully saturated rings. The molecule has 0 spiro atoms. The van der Waals surface area contributed by atoms with Crippen LogP contribution in [0.15, 0.2) is 58.5 Å². The average Bonchev–Trinajstić information content (AvgIpc) is 2.60. The number of hydrogen-bond donors (Lipinski definition) is 1. The van der Waals surface area contributed by atoms with Crippen LogP contribution < -0.4 is 5.56 Å². The van der Waals surface area contributed by atoms with Gasteiger partial charge in [-0.1, -0.05) is 71.4 Å². The number of aryl methyl sites for hydroxylation is 1. The van der Waals surface area contributed by atoms with Gasteiger partial charge in [0.05, 0.1) is 10.0 Å². The van der Waals surface area contributed by atoms with Crippen molar-refractivity contribution < 1.29 is 0 Å². The van der Waals surface area contributed by atoms with Gasteiger partial charge in [-0.25, -0.2) is 4.98 Å². The Morgan fingerprint density at radius 1 is 1.04 bits per heavy atom. The molecule has 1 aromatic heterocycles. The molecule has 3 nitrogen and oxygen atoms in total. The third-order valence-electron chi connectivity index (χ3n) is 3.78. The molecule has 0 radical (unpaired) electrons. The van der Waals surface area contributed by atoms with E-state index in [1.165, 1.54) is 11.8 Å². The molecule has 1 N–H and O–H groups in total. The van der Waals surface area contributed by atoms with Gasteiger partial charge in [-0.2, -0.15) is 0 Å². The lowest BCUT2D eigenvalue weighted by Gasteiger charge is -2.08. The smallest absolute Gasteiger partial charge is 0.255 e. The van der Waals surface area contributed by atoms with Gasteiger partial charge in [0.25, 0.3) is 5.56 Å². The molecule has 0 atom stereocenters. The number of aromatic amines is 1. The minimum Gasteiger partial charge on any atom is -0.301 e. The molecule has 25 heavy (non-hydrogen) atoms. The van der Waals surface area contributed by atoms with E-state index in [2.05, 4.69) is 9.97 Å². The van der Waals surface area contributed by atoms with Gasteiger partial charge in [-0.15, -0.1) is 0 Å². The number of benzene rings is 2. The molecule has 0 bridgehead atoms. The highest BCUT2D eigenvalue weighted by atomic mass is 35.5. The highest BCUT2D eigenvalue weighted by molar-refractivity contribution is 7.98. The van der Waals surface area contributed by atoms with Crippen molar-refractivity contribution in [2.75, 3.05) is 0 Å². The summed E-state index contributed by atoms with van der Waals surface area (Å²) in [4.78, 5) is 19.8. The van der Waals surface area contributed by atoms with Gasteiger partial charge in [0, 0.05) is 23.4 Å². The second kappa shape index (κ2) is 8.09. The Morgan fingerprint density at radius 3 is 2.48 bits per heavy atom.